The molecule has 82 valence electrons. The molecule has 3 heterocycles. The second-order valence-electron chi connectivity index (χ2n) is 4.71. The number of thiophene rings is 1. The average molecular weight is 286 g/mol. The fraction of sp³-hybridized carbons (Fsp3) is 0.667. The fourth-order valence-corrected chi connectivity index (χ4v) is 4.62. The van der Waals surface area contributed by atoms with Gasteiger partial charge in [-0.3, -0.25) is 4.90 Å². The normalized spacial score (nSPS) is 35.9. The molecule has 15 heavy (non-hydrogen) atoms. The van der Waals surface area contributed by atoms with E-state index in [-0.39, 0.29) is 0 Å². The van der Waals surface area contributed by atoms with Crippen LogP contribution in [-0.4, -0.2) is 21.8 Å². The van der Waals surface area contributed by atoms with Gasteiger partial charge in [0.15, 0.2) is 0 Å². The first-order valence-electron chi connectivity index (χ1n) is 5.75. The number of piperidine rings is 1. The lowest BCUT2D eigenvalue weighted by Gasteiger charge is -2.36. The molecule has 3 heteroatoms. The van der Waals surface area contributed by atoms with Crippen molar-refractivity contribution in [2.24, 2.45) is 0 Å². The summed E-state index contributed by atoms with van der Waals surface area (Å²) in [5.41, 5.74) is 0. The molecule has 1 aromatic rings. The van der Waals surface area contributed by atoms with E-state index in [4.69, 9.17) is 0 Å². The third-order valence-electron chi connectivity index (χ3n) is 3.75. The molecular weight excluding hydrogens is 270 g/mol. The van der Waals surface area contributed by atoms with Crippen LogP contribution < -0.4 is 0 Å². The molecule has 2 aliphatic heterocycles. The highest BCUT2D eigenvalue weighted by Crippen LogP contribution is 2.39. The number of nitrogens with zero attached hydrogens (tertiary/aromatic N) is 1. The zero-order valence-electron chi connectivity index (χ0n) is 8.73. The molecule has 2 unspecified atom stereocenters. The third kappa shape index (κ3) is 2.02. The van der Waals surface area contributed by atoms with Gasteiger partial charge in [0.2, 0.25) is 0 Å². The van der Waals surface area contributed by atoms with Gasteiger partial charge in [-0.05, 0) is 37.1 Å². The minimum atomic E-state index is 0.773. The summed E-state index contributed by atoms with van der Waals surface area (Å²) in [6.45, 7) is 1.19. The first kappa shape index (κ1) is 10.3. The maximum absolute atomic E-state index is 3.79. The zero-order valence-corrected chi connectivity index (χ0v) is 11.1. The molecule has 0 saturated carbocycles. The number of fused-ring (bicyclic) bond motifs is 2. The lowest BCUT2D eigenvalue weighted by atomic mass is 10.0. The highest BCUT2D eigenvalue weighted by atomic mass is 79.9. The van der Waals surface area contributed by atoms with Crippen molar-refractivity contribution in [2.75, 3.05) is 0 Å². The van der Waals surface area contributed by atoms with Crippen LogP contribution in [0, 0.1) is 0 Å². The van der Waals surface area contributed by atoms with Crippen molar-refractivity contribution in [3.8, 4) is 0 Å². The molecule has 2 fully saturated rings. The monoisotopic (exact) mass is 285 g/mol. The van der Waals surface area contributed by atoms with Gasteiger partial charge in [0, 0.05) is 28.3 Å². The quantitative estimate of drug-likeness (QED) is 0.750. The minimum Gasteiger partial charge on any atom is -0.292 e. The molecule has 3 rings (SSSR count). The summed E-state index contributed by atoms with van der Waals surface area (Å²) in [5, 5.41) is 2.19. The van der Waals surface area contributed by atoms with Gasteiger partial charge in [0.05, 0.1) is 0 Å². The van der Waals surface area contributed by atoms with Crippen molar-refractivity contribution in [3.63, 3.8) is 0 Å². The fourth-order valence-electron chi connectivity index (χ4n) is 3.05. The summed E-state index contributed by atoms with van der Waals surface area (Å²) < 4.78 is 0. The lowest BCUT2D eigenvalue weighted by Crippen LogP contribution is -2.42. The van der Waals surface area contributed by atoms with Crippen molar-refractivity contribution in [1.82, 2.24) is 4.90 Å². The maximum atomic E-state index is 3.79. The highest BCUT2D eigenvalue weighted by molar-refractivity contribution is 9.09. The Bertz CT molecular complexity index is 310. The Kier molecular flexibility index (Phi) is 2.88. The van der Waals surface area contributed by atoms with Crippen molar-refractivity contribution < 1.29 is 0 Å². The van der Waals surface area contributed by atoms with Gasteiger partial charge in [-0.25, -0.2) is 0 Å². The van der Waals surface area contributed by atoms with Gasteiger partial charge in [0.25, 0.3) is 0 Å². The van der Waals surface area contributed by atoms with Gasteiger partial charge in [-0.1, -0.05) is 22.0 Å². The van der Waals surface area contributed by atoms with E-state index >= 15 is 0 Å². The number of alkyl halides is 1. The van der Waals surface area contributed by atoms with Crippen LogP contribution in [0.3, 0.4) is 0 Å². The Morgan fingerprint density at radius 1 is 1.33 bits per heavy atom. The number of hydrogen-bond donors (Lipinski definition) is 0. The van der Waals surface area contributed by atoms with Crippen LogP contribution in [0.4, 0.5) is 0 Å². The summed E-state index contributed by atoms with van der Waals surface area (Å²) >= 11 is 5.69. The molecule has 0 radical (unpaired) electrons. The van der Waals surface area contributed by atoms with E-state index < -0.39 is 0 Å². The van der Waals surface area contributed by atoms with E-state index in [2.05, 4.69) is 38.3 Å². The molecule has 0 aromatic carbocycles. The Labute approximate surface area is 104 Å². The summed E-state index contributed by atoms with van der Waals surface area (Å²) in [4.78, 5) is 5.04. The molecule has 2 aliphatic rings. The summed E-state index contributed by atoms with van der Waals surface area (Å²) in [6.07, 6.45) is 5.53. The predicted octanol–water partition coefficient (Wildman–Crippen LogP) is 3.64. The van der Waals surface area contributed by atoms with E-state index in [9.17, 15) is 0 Å². The SMILES string of the molecule is BrC1CC2CCC(C1)N2Cc1cccs1. The first-order valence-corrected chi connectivity index (χ1v) is 7.54. The highest BCUT2D eigenvalue weighted by Gasteiger charge is 2.39. The van der Waals surface area contributed by atoms with Crippen LogP contribution in [0.5, 0.6) is 0 Å². The molecule has 2 saturated heterocycles. The van der Waals surface area contributed by atoms with Crippen molar-refractivity contribution in [1.29, 1.82) is 0 Å². The standard InChI is InChI=1S/C12H16BrNS/c13-9-6-10-3-4-11(7-9)14(10)8-12-2-1-5-15-12/h1-2,5,9-11H,3-4,6-8H2. The van der Waals surface area contributed by atoms with E-state index in [1.165, 1.54) is 37.1 Å². The van der Waals surface area contributed by atoms with Crippen LogP contribution in [-0.2, 0) is 6.54 Å². The third-order valence-corrected chi connectivity index (χ3v) is 5.35. The van der Waals surface area contributed by atoms with Crippen molar-refractivity contribution in [3.05, 3.63) is 22.4 Å². The Balaban J connectivity index is 1.72. The Hall–Kier alpha value is 0.140. The Morgan fingerprint density at radius 2 is 2.07 bits per heavy atom. The molecular formula is C12H16BrNS. The maximum Gasteiger partial charge on any atom is 0.0333 e. The zero-order chi connectivity index (χ0) is 10.3. The van der Waals surface area contributed by atoms with Gasteiger partial charge in [-0.15, -0.1) is 11.3 Å². The summed E-state index contributed by atoms with van der Waals surface area (Å²) in [5.74, 6) is 0. The van der Waals surface area contributed by atoms with Crippen molar-refractivity contribution >= 4 is 27.3 Å². The lowest BCUT2D eigenvalue weighted by molar-refractivity contribution is 0.138. The largest absolute Gasteiger partial charge is 0.292 e. The molecule has 0 spiro atoms. The van der Waals surface area contributed by atoms with Crippen LogP contribution in [0.1, 0.15) is 30.6 Å². The molecule has 1 aromatic heterocycles. The van der Waals surface area contributed by atoms with Crippen LogP contribution in [0.15, 0.2) is 17.5 Å². The molecule has 0 amide bonds. The van der Waals surface area contributed by atoms with Gasteiger partial charge in [0.1, 0.15) is 0 Å². The van der Waals surface area contributed by atoms with Gasteiger partial charge >= 0.3 is 0 Å². The van der Waals surface area contributed by atoms with E-state index in [1.807, 2.05) is 11.3 Å². The molecule has 2 bridgehead atoms. The van der Waals surface area contributed by atoms with Crippen molar-refractivity contribution in [2.45, 2.75) is 49.1 Å². The van der Waals surface area contributed by atoms with Crippen LogP contribution in [0.25, 0.3) is 0 Å². The minimum absolute atomic E-state index is 0.773. The molecule has 2 atom stereocenters. The smallest absolute Gasteiger partial charge is 0.0333 e. The Morgan fingerprint density at radius 3 is 2.67 bits per heavy atom. The van der Waals surface area contributed by atoms with E-state index in [0.717, 1.165) is 16.9 Å². The number of hydrogen-bond acceptors (Lipinski definition) is 2. The average Bonchev–Trinajstić information content (AvgIpc) is 2.77. The van der Waals surface area contributed by atoms with Gasteiger partial charge in [-0.2, -0.15) is 0 Å². The summed E-state index contributed by atoms with van der Waals surface area (Å²) in [7, 11) is 0. The van der Waals surface area contributed by atoms with Crippen LogP contribution >= 0.6 is 27.3 Å². The van der Waals surface area contributed by atoms with E-state index in [0.29, 0.717) is 0 Å². The number of rotatable bonds is 2. The topological polar surface area (TPSA) is 3.24 Å². The first-order chi connectivity index (χ1) is 7.33. The number of halogens is 1. The second kappa shape index (κ2) is 4.19. The molecule has 0 aliphatic carbocycles. The summed E-state index contributed by atoms with van der Waals surface area (Å²) in [6, 6.07) is 6.12. The predicted molar refractivity (Wildman–Crippen MR) is 68.6 cm³/mol. The van der Waals surface area contributed by atoms with Crippen LogP contribution in [0.2, 0.25) is 0 Å². The van der Waals surface area contributed by atoms with E-state index in [1.54, 1.807) is 0 Å². The molecule has 1 nitrogen and oxygen atoms in total. The second-order valence-corrected chi connectivity index (χ2v) is 7.03. The molecule has 0 N–H and O–H groups in total. The van der Waals surface area contributed by atoms with Gasteiger partial charge < -0.3 is 0 Å².